The van der Waals surface area contributed by atoms with Crippen molar-refractivity contribution in [2.75, 3.05) is 13.1 Å². The number of hydrogen-bond acceptors (Lipinski definition) is 5. The van der Waals surface area contributed by atoms with Crippen LogP contribution in [0.4, 0.5) is 0 Å². The van der Waals surface area contributed by atoms with Crippen LogP contribution in [-0.2, 0) is 0 Å². The van der Waals surface area contributed by atoms with Crippen LogP contribution in [-0.4, -0.2) is 29.5 Å². The van der Waals surface area contributed by atoms with Crippen LogP contribution in [0.2, 0.25) is 0 Å². The summed E-state index contributed by atoms with van der Waals surface area (Å²) in [6.07, 6.45) is 2.74. The topological polar surface area (TPSA) is 46.1 Å². The Labute approximate surface area is 182 Å². The largest absolute Gasteiger partial charge is 0.466 e. The van der Waals surface area contributed by atoms with Gasteiger partial charge in [-0.05, 0) is 48.0 Å². The highest BCUT2D eigenvalue weighted by Gasteiger charge is 2.50. The molecule has 0 bridgehead atoms. The average molecular weight is 412 g/mol. The molecule has 31 heavy (non-hydrogen) atoms. The predicted molar refractivity (Wildman–Crippen MR) is 121 cm³/mol. The molecule has 3 aliphatic rings. The molecule has 1 N–H and O–H groups in total. The molecule has 3 aliphatic heterocycles. The Morgan fingerprint density at radius 1 is 0.871 bits per heavy atom. The van der Waals surface area contributed by atoms with Crippen molar-refractivity contribution in [1.82, 2.24) is 10.3 Å². The van der Waals surface area contributed by atoms with Gasteiger partial charge < -0.3 is 14.8 Å². The zero-order valence-corrected chi connectivity index (χ0v) is 17.3. The molecule has 1 unspecified atom stereocenters. The molecule has 0 amide bonds. The molecule has 5 heteroatoms. The van der Waals surface area contributed by atoms with E-state index in [2.05, 4.69) is 46.7 Å². The Morgan fingerprint density at radius 3 is 2.39 bits per heavy atom. The summed E-state index contributed by atoms with van der Waals surface area (Å²) in [6.45, 7) is 1.89. The molecule has 0 aliphatic carbocycles. The van der Waals surface area contributed by atoms with E-state index in [9.17, 15) is 0 Å². The molecular weight excluding hydrogens is 386 g/mol. The fourth-order valence-corrected chi connectivity index (χ4v) is 4.89. The molecule has 0 radical (unpaired) electrons. The number of nitrogens with one attached hydrogen (secondary N) is 1. The maximum atomic E-state index is 6.60. The van der Waals surface area contributed by atoms with E-state index < -0.39 is 0 Å². The van der Waals surface area contributed by atoms with Gasteiger partial charge in [-0.15, -0.1) is 0 Å². The summed E-state index contributed by atoms with van der Waals surface area (Å²) in [5, 5.41) is 10.8. The van der Waals surface area contributed by atoms with Gasteiger partial charge in [-0.25, -0.2) is 5.01 Å². The molecule has 1 spiro atoms. The van der Waals surface area contributed by atoms with Gasteiger partial charge >= 0.3 is 0 Å². The smallest absolute Gasteiger partial charge is 0.200 e. The number of fused-ring (bicyclic) bond motifs is 4. The van der Waals surface area contributed by atoms with Crippen molar-refractivity contribution in [2.45, 2.75) is 31.0 Å². The third-order valence-electron chi connectivity index (χ3n) is 6.46. The molecule has 1 saturated heterocycles. The lowest BCUT2D eigenvalue weighted by Crippen LogP contribution is -2.58. The van der Waals surface area contributed by atoms with Gasteiger partial charge in [0.05, 0.1) is 11.8 Å². The molecule has 0 saturated carbocycles. The number of nitrogens with zero attached hydrogens (tertiary/aromatic N) is 2. The highest BCUT2D eigenvalue weighted by molar-refractivity contribution is 6.02. The first-order chi connectivity index (χ1) is 15.3. The van der Waals surface area contributed by atoms with E-state index in [4.69, 9.17) is 14.6 Å². The number of piperidine rings is 1. The zero-order valence-electron chi connectivity index (χ0n) is 17.3. The van der Waals surface area contributed by atoms with Gasteiger partial charge in [-0.2, -0.15) is 5.10 Å². The van der Waals surface area contributed by atoms with Gasteiger partial charge in [-0.3, -0.25) is 0 Å². The number of benzene rings is 3. The normalized spacial score (nSPS) is 21.1. The molecule has 6 rings (SSSR count). The van der Waals surface area contributed by atoms with E-state index >= 15 is 0 Å². The van der Waals surface area contributed by atoms with Gasteiger partial charge in [0.25, 0.3) is 0 Å². The molecule has 1 fully saturated rings. The van der Waals surface area contributed by atoms with E-state index in [0.717, 1.165) is 60.9 Å². The number of hydrogen-bond donors (Lipinski definition) is 1. The van der Waals surface area contributed by atoms with Crippen molar-refractivity contribution >= 4 is 5.71 Å². The molecule has 1 atom stereocenters. The lowest BCUT2D eigenvalue weighted by molar-refractivity contribution is -0.136. The summed E-state index contributed by atoms with van der Waals surface area (Å²) in [4.78, 5) is 0. The minimum atomic E-state index is -0.359. The molecule has 5 nitrogen and oxygen atoms in total. The Morgan fingerprint density at radius 2 is 1.58 bits per heavy atom. The summed E-state index contributed by atoms with van der Waals surface area (Å²) in [6, 6.07) is 26.8. The lowest BCUT2D eigenvalue weighted by atomic mass is 9.91. The molecular formula is C26H25N3O2. The number of rotatable bonds is 3. The lowest BCUT2D eigenvalue weighted by Gasteiger charge is -2.49. The number of para-hydroxylation sites is 2. The minimum absolute atomic E-state index is 0.221. The second-order valence-corrected chi connectivity index (χ2v) is 8.39. The maximum absolute atomic E-state index is 6.60. The van der Waals surface area contributed by atoms with Crippen molar-refractivity contribution < 1.29 is 9.47 Å². The van der Waals surface area contributed by atoms with Crippen LogP contribution < -0.4 is 14.8 Å². The summed E-state index contributed by atoms with van der Waals surface area (Å²) in [5.74, 6) is 2.68. The van der Waals surface area contributed by atoms with Gasteiger partial charge in [0.2, 0.25) is 5.72 Å². The number of ether oxygens (including phenoxy) is 2. The van der Waals surface area contributed by atoms with Crippen molar-refractivity contribution in [3.8, 4) is 17.2 Å². The minimum Gasteiger partial charge on any atom is -0.466 e. The Hall–Kier alpha value is -3.31. The second-order valence-electron chi connectivity index (χ2n) is 8.39. The first-order valence-electron chi connectivity index (χ1n) is 11.0. The van der Waals surface area contributed by atoms with Crippen LogP contribution in [0.5, 0.6) is 17.2 Å². The monoisotopic (exact) mass is 411 g/mol. The standard InChI is InChI=1S/C26H25N3O2/c1-2-6-20(7-3-1)30-21-12-10-19(11-13-21)23-18-24-22-8-4-5-9-25(22)31-26(29(24)28-23)14-16-27-17-15-26/h1-13,24,27H,14-18H2. The Balaban J connectivity index is 1.30. The van der Waals surface area contributed by atoms with Crippen molar-refractivity contribution in [1.29, 1.82) is 0 Å². The summed E-state index contributed by atoms with van der Waals surface area (Å²) < 4.78 is 12.6. The fourth-order valence-electron chi connectivity index (χ4n) is 4.89. The third-order valence-corrected chi connectivity index (χ3v) is 6.46. The van der Waals surface area contributed by atoms with Crippen LogP contribution in [0.15, 0.2) is 84.0 Å². The van der Waals surface area contributed by atoms with Gasteiger partial charge in [-0.1, -0.05) is 36.4 Å². The van der Waals surface area contributed by atoms with Crippen molar-refractivity contribution in [3.63, 3.8) is 0 Å². The van der Waals surface area contributed by atoms with Crippen LogP contribution in [0.1, 0.15) is 36.4 Å². The molecule has 3 aromatic rings. The first-order valence-corrected chi connectivity index (χ1v) is 11.0. The SMILES string of the molecule is c1ccc(Oc2ccc(C3=NN4C(C3)c3ccccc3OC43CCNCC3)cc2)cc1. The van der Waals surface area contributed by atoms with Crippen molar-refractivity contribution in [2.24, 2.45) is 5.10 Å². The van der Waals surface area contributed by atoms with Crippen LogP contribution in [0.3, 0.4) is 0 Å². The Kier molecular flexibility index (Phi) is 4.42. The number of hydrazone groups is 1. The average Bonchev–Trinajstić information content (AvgIpc) is 3.28. The molecule has 3 aromatic carbocycles. The first kappa shape index (κ1) is 18.5. The van der Waals surface area contributed by atoms with E-state index in [-0.39, 0.29) is 11.8 Å². The summed E-state index contributed by atoms with van der Waals surface area (Å²) >= 11 is 0. The van der Waals surface area contributed by atoms with Crippen LogP contribution in [0, 0.1) is 0 Å². The van der Waals surface area contributed by atoms with Crippen molar-refractivity contribution in [3.05, 3.63) is 90.0 Å². The molecule has 3 heterocycles. The van der Waals surface area contributed by atoms with Crippen LogP contribution >= 0.6 is 0 Å². The van der Waals surface area contributed by atoms with Gasteiger partial charge in [0.1, 0.15) is 17.2 Å². The zero-order chi connectivity index (χ0) is 20.7. The Bertz CT molecular complexity index is 1110. The van der Waals surface area contributed by atoms with E-state index in [0.29, 0.717) is 0 Å². The predicted octanol–water partition coefficient (Wildman–Crippen LogP) is 5.10. The van der Waals surface area contributed by atoms with E-state index in [1.807, 2.05) is 42.5 Å². The van der Waals surface area contributed by atoms with Gasteiger partial charge in [0.15, 0.2) is 0 Å². The molecule has 0 aromatic heterocycles. The maximum Gasteiger partial charge on any atom is 0.200 e. The highest BCUT2D eigenvalue weighted by atomic mass is 16.5. The molecule has 156 valence electrons. The highest BCUT2D eigenvalue weighted by Crippen LogP contribution is 2.49. The third kappa shape index (κ3) is 3.26. The van der Waals surface area contributed by atoms with Crippen LogP contribution in [0.25, 0.3) is 0 Å². The van der Waals surface area contributed by atoms with Gasteiger partial charge in [0, 0.05) is 37.9 Å². The summed E-state index contributed by atoms with van der Waals surface area (Å²) in [5.41, 5.74) is 3.11. The van der Waals surface area contributed by atoms with E-state index in [1.165, 1.54) is 5.56 Å². The summed E-state index contributed by atoms with van der Waals surface area (Å²) in [7, 11) is 0. The van der Waals surface area contributed by atoms with E-state index in [1.54, 1.807) is 0 Å². The second kappa shape index (κ2) is 7.43. The fraction of sp³-hybridized carbons (Fsp3) is 0.269. The quantitative estimate of drug-likeness (QED) is 0.651.